The van der Waals surface area contributed by atoms with Crippen LogP contribution >= 0.6 is 0 Å². The van der Waals surface area contributed by atoms with Crippen LogP contribution < -0.4 is 5.46 Å². The van der Waals surface area contributed by atoms with Crippen molar-refractivity contribution in [3.8, 4) is 11.1 Å². The van der Waals surface area contributed by atoms with Gasteiger partial charge in [0.05, 0.1) is 11.2 Å². The van der Waals surface area contributed by atoms with Gasteiger partial charge >= 0.3 is 7.48 Å². The summed E-state index contributed by atoms with van der Waals surface area (Å²) in [6, 6.07) is 14.9. The highest BCUT2D eigenvalue weighted by Gasteiger charge is 2.35. The van der Waals surface area contributed by atoms with Crippen molar-refractivity contribution in [3.05, 3.63) is 53.6 Å². The van der Waals surface area contributed by atoms with E-state index in [-0.39, 0.29) is 0 Å². The van der Waals surface area contributed by atoms with Crippen LogP contribution in [0.3, 0.4) is 0 Å². The Balaban J connectivity index is 1.82. The summed E-state index contributed by atoms with van der Waals surface area (Å²) in [7, 11) is 1.75. The highest BCUT2D eigenvalue weighted by Crippen LogP contribution is 2.35. The van der Waals surface area contributed by atoms with Gasteiger partial charge in [0.2, 0.25) is 0 Å². The lowest BCUT2D eigenvalue weighted by Crippen LogP contribution is -2.49. The standard InChI is InChI=1S/C19H22BO2/c1-18(2,21)19(3,4)22-20-15-10-9-14-11-13-7-5-6-8-16(13)17(14)12-15/h5-10,12,21H,11H2,1-4H3. The lowest BCUT2D eigenvalue weighted by Gasteiger charge is -2.37. The first-order valence-electron chi connectivity index (χ1n) is 7.72. The van der Waals surface area contributed by atoms with Crippen molar-refractivity contribution in [3.63, 3.8) is 0 Å². The molecule has 0 heterocycles. The molecule has 113 valence electrons. The summed E-state index contributed by atoms with van der Waals surface area (Å²) < 4.78 is 5.85. The highest BCUT2D eigenvalue weighted by atomic mass is 16.5. The van der Waals surface area contributed by atoms with Gasteiger partial charge in [-0.15, -0.1) is 0 Å². The van der Waals surface area contributed by atoms with E-state index in [1.807, 2.05) is 13.8 Å². The predicted octanol–water partition coefficient (Wildman–Crippen LogP) is 3.07. The van der Waals surface area contributed by atoms with Crippen molar-refractivity contribution in [1.29, 1.82) is 0 Å². The van der Waals surface area contributed by atoms with Gasteiger partial charge < -0.3 is 9.76 Å². The van der Waals surface area contributed by atoms with Crippen LogP contribution in [0, 0.1) is 0 Å². The van der Waals surface area contributed by atoms with E-state index in [4.69, 9.17) is 4.65 Å². The molecule has 0 spiro atoms. The monoisotopic (exact) mass is 293 g/mol. The van der Waals surface area contributed by atoms with Crippen LogP contribution in [0.15, 0.2) is 42.5 Å². The summed E-state index contributed by atoms with van der Waals surface area (Å²) in [5, 5.41) is 10.2. The summed E-state index contributed by atoms with van der Waals surface area (Å²) in [5.41, 5.74) is 4.81. The molecule has 3 rings (SSSR count). The summed E-state index contributed by atoms with van der Waals surface area (Å²) in [4.78, 5) is 0. The second kappa shape index (κ2) is 5.25. The average Bonchev–Trinajstić information content (AvgIpc) is 2.82. The highest BCUT2D eigenvalue weighted by molar-refractivity contribution is 6.47. The molecular weight excluding hydrogens is 271 g/mol. The largest absolute Gasteiger partial charge is 0.427 e. The van der Waals surface area contributed by atoms with Crippen LogP contribution in [0.4, 0.5) is 0 Å². The van der Waals surface area contributed by atoms with Gasteiger partial charge in [-0.25, -0.2) is 0 Å². The van der Waals surface area contributed by atoms with E-state index in [1.54, 1.807) is 21.3 Å². The third-order valence-electron chi connectivity index (χ3n) is 4.79. The van der Waals surface area contributed by atoms with Gasteiger partial charge in [-0.3, -0.25) is 0 Å². The zero-order chi connectivity index (χ0) is 16.0. The van der Waals surface area contributed by atoms with E-state index < -0.39 is 11.2 Å². The number of hydrogen-bond donors (Lipinski definition) is 1. The van der Waals surface area contributed by atoms with Gasteiger partial charge in [0.25, 0.3) is 0 Å². The number of aliphatic hydroxyl groups is 1. The second-order valence-corrected chi connectivity index (χ2v) is 7.06. The maximum atomic E-state index is 10.2. The first-order chi connectivity index (χ1) is 10.3. The first-order valence-corrected chi connectivity index (χ1v) is 7.72. The molecule has 0 aromatic heterocycles. The summed E-state index contributed by atoms with van der Waals surface area (Å²) in [5.74, 6) is 0. The van der Waals surface area contributed by atoms with Crippen molar-refractivity contribution in [1.82, 2.24) is 0 Å². The number of benzene rings is 2. The molecule has 0 saturated heterocycles. The van der Waals surface area contributed by atoms with Crippen LogP contribution in [-0.4, -0.2) is 23.8 Å². The van der Waals surface area contributed by atoms with Crippen molar-refractivity contribution < 1.29 is 9.76 Å². The minimum atomic E-state index is -0.910. The molecule has 1 N–H and O–H groups in total. The maximum absolute atomic E-state index is 10.2. The van der Waals surface area contributed by atoms with Crippen molar-refractivity contribution in [2.75, 3.05) is 0 Å². The third-order valence-corrected chi connectivity index (χ3v) is 4.79. The van der Waals surface area contributed by atoms with Crippen molar-refractivity contribution >= 4 is 12.9 Å². The normalized spacial score (nSPS) is 13.7. The molecule has 1 radical (unpaired) electrons. The van der Waals surface area contributed by atoms with Gasteiger partial charge in [-0.1, -0.05) is 47.9 Å². The second-order valence-electron chi connectivity index (χ2n) is 7.06. The fraction of sp³-hybridized carbons (Fsp3) is 0.368. The Morgan fingerprint density at radius 3 is 2.36 bits per heavy atom. The Morgan fingerprint density at radius 1 is 0.955 bits per heavy atom. The zero-order valence-electron chi connectivity index (χ0n) is 13.7. The van der Waals surface area contributed by atoms with E-state index in [1.165, 1.54) is 22.3 Å². The molecule has 0 bridgehead atoms. The van der Waals surface area contributed by atoms with E-state index in [9.17, 15) is 5.11 Å². The zero-order valence-corrected chi connectivity index (χ0v) is 13.7. The van der Waals surface area contributed by atoms with Crippen LogP contribution in [0.25, 0.3) is 11.1 Å². The summed E-state index contributed by atoms with van der Waals surface area (Å²) in [6.45, 7) is 7.32. The molecule has 22 heavy (non-hydrogen) atoms. The van der Waals surface area contributed by atoms with Crippen LogP contribution in [0.2, 0.25) is 0 Å². The molecule has 0 aliphatic heterocycles. The van der Waals surface area contributed by atoms with Crippen molar-refractivity contribution in [2.45, 2.75) is 45.3 Å². The van der Waals surface area contributed by atoms with Gasteiger partial charge in [0.1, 0.15) is 0 Å². The molecule has 0 saturated carbocycles. The third kappa shape index (κ3) is 2.71. The fourth-order valence-electron chi connectivity index (χ4n) is 2.57. The molecule has 1 aliphatic carbocycles. The van der Waals surface area contributed by atoms with Gasteiger partial charge in [-0.05, 0) is 56.4 Å². The van der Waals surface area contributed by atoms with Gasteiger partial charge in [0.15, 0.2) is 0 Å². The Kier molecular flexibility index (Phi) is 3.66. The molecule has 0 amide bonds. The Hall–Kier alpha value is -1.58. The Labute approximate surface area is 133 Å². The molecule has 0 unspecified atom stereocenters. The molecule has 3 heteroatoms. The minimum absolute atomic E-state index is 0.649. The minimum Gasteiger partial charge on any atom is -0.427 e. The quantitative estimate of drug-likeness (QED) is 0.749. The fourth-order valence-corrected chi connectivity index (χ4v) is 2.57. The molecule has 0 fully saturated rings. The van der Waals surface area contributed by atoms with E-state index in [0.717, 1.165) is 11.9 Å². The lowest BCUT2D eigenvalue weighted by atomic mass is 9.81. The van der Waals surface area contributed by atoms with Crippen LogP contribution in [0.1, 0.15) is 38.8 Å². The van der Waals surface area contributed by atoms with Gasteiger partial charge in [0, 0.05) is 0 Å². The first kappa shape index (κ1) is 15.3. The van der Waals surface area contributed by atoms with Gasteiger partial charge in [-0.2, -0.15) is 0 Å². The molecule has 0 atom stereocenters. The van der Waals surface area contributed by atoms with Crippen LogP contribution in [-0.2, 0) is 11.1 Å². The average molecular weight is 293 g/mol. The maximum Gasteiger partial charge on any atom is 0.330 e. The van der Waals surface area contributed by atoms with Crippen LogP contribution in [0.5, 0.6) is 0 Å². The molecule has 1 aliphatic rings. The SMILES string of the molecule is CC(C)(O)C(C)(C)O[B]c1ccc2c(c1)-c1ccccc1C2. The number of hydrogen-bond acceptors (Lipinski definition) is 2. The molecule has 2 nitrogen and oxygen atoms in total. The number of fused-ring (bicyclic) bond motifs is 3. The lowest BCUT2D eigenvalue weighted by molar-refractivity contribution is -0.0893. The van der Waals surface area contributed by atoms with E-state index >= 15 is 0 Å². The van der Waals surface area contributed by atoms with E-state index in [0.29, 0.717) is 0 Å². The summed E-state index contributed by atoms with van der Waals surface area (Å²) in [6.07, 6.45) is 1.00. The Morgan fingerprint density at radius 2 is 1.64 bits per heavy atom. The smallest absolute Gasteiger partial charge is 0.330 e. The van der Waals surface area contributed by atoms with E-state index in [2.05, 4.69) is 42.5 Å². The van der Waals surface area contributed by atoms with Crippen molar-refractivity contribution in [2.24, 2.45) is 0 Å². The predicted molar refractivity (Wildman–Crippen MR) is 91.5 cm³/mol. The summed E-state index contributed by atoms with van der Waals surface area (Å²) >= 11 is 0. The topological polar surface area (TPSA) is 29.5 Å². The number of rotatable bonds is 4. The Bertz CT molecular complexity index is 699. The molecule has 2 aromatic carbocycles. The molecular formula is C19H22BO2. The molecule has 2 aromatic rings.